The van der Waals surface area contributed by atoms with Crippen molar-refractivity contribution in [2.45, 2.75) is 25.7 Å². The third-order valence-electron chi connectivity index (χ3n) is 3.59. The maximum Gasteiger partial charge on any atom is 0.0382 e. The van der Waals surface area contributed by atoms with Gasteiger partial charge >= 0.3 is 0 Å². The quantitative estimate of drug-likeness (QED) is 0.797. The van der Waals surface area contributed by atoms with Crippen molar-refractivity contribution in [1.29, 1.82) is 0 Å². The highest BCUT2D eigenvalue weighted by Crippen LogP contribution is 2.38. The minimum atomic E-state index is 0.0323. The summed E-state index contributed by atoms with van der Waals surface area (Å²) in [4.78, 5) is 0. The fourth-order valence-electron chi connectivity index (χ4n) is 2.65. The van der Waals surface area contributed by atoms with Crippen molar-refractivity contribution < 1.29 is 0 Å². The molecule has 0 aliphatic rings. The number of nitrogens with one attached hydrogen (secondary N) is 1. The lowest BCUT2D eigenvalue weighted by atomic mass is 9.78. The van der Waals surface area contributed by atoms with E-state index in [1.807, 2.05) is 13.1 Å². The van der Waals surface area contributed by atoms with Crippen molar-refractivity contribution in [1.82, 2.24) is 0 Å². The van der Waals surface area contributed by atoms with Gasteiger partial charge in [0.2, 0.25) is 0 Å². The average molecular weight is 274 g/mol. The number of anilines is 1. The molecule has 0 bridgehead atoms. The number of hydrogen-bond donors (Lipinski definition) is 1. The van der Waals surface area contributed by atoms with E-state index in [2.05, 4.69) is 55.6 Å². The van der Waals surface area contributed by atoms with Gasteiger partial charge in [-0.25, -0.2) is 0 Å². The molecule has 2 aromatic carbocycles. The van der Waals surface area contributed by atoms with E-state index in [1.54, 1.807) is 5.54 Å². The van der Waals surface area contributed by atoms with E-state index in [1.165, 1.54) is 22.0 Å². The van der Waals surface area contributed by atoms with Gasteiger partial charge in [0.15, 0.2) is 0 Å². The number of halogens is 1. The molecule has 0 saturated heterocycles. The van der Waals surface area contributed by atoms with Crippen LogP contribution in [0.25, 0.3) is 10.8 Å². The van der Waals surface area contributed by atoms with Gasteiger partial charge in [0.25, 0.3) is 0 Å². The predicted molar refractivity (Wildman–Crippen MR) is 86.1 cm³/mol. The molecule has 0 saturated carbocycles. The number of fused-ring (bicyclic) bond motifs is 1. The van der Waals surface area contributed by atoms with Gasteiger partial charge in [-0.05, 0) is 34.2 Å². The SMILES string of the molecule is CNc1ccc2ccccc2c1C(C)(C)C/C=C/Cl. The average Bonchev–Trinajstić information content (AvgIpc) is 2.43. The summed E-state index contributed by atoms with van der Waals surface area (Å²) in [6.45, 7) is 4.51. The van der Waals surface area contributed by atoms with Crippen molar-refractivity contribution in [2.75, 3.05) is 12.4 Å². The van der Waals surface area contributed by atoms with Gasteiger partial charge in [0.1, 0.15) is 0 Å². The Morgan fingerprint density at radius 2 is 1.89 bits per heavy atom. The molecule has 0 fully saturated rings. The van der Waals surface area contributed by atoms with Crippen LogP contribution in [-0.2, 0) is 5.41 Å². The smallest absolute Gasteiger partial charge is 0.0382 e. The maximum absolute atomic E-state index is 5.69. The van der Waals surface area contributed by atoms with Crippen molar-refractivity contribution >= 4 is 28.1 Å². The molecule has 0 amide bonds. The zero-order valence-corrected chi connectivity index (χ0v) is 12.5. The van der Waals surface area contributed by atoms with E-state index in [9.17, 15) is 0 Å². The van der Waals surface area contributed by atoms with Crippen LogP contribution in [0.1, 0.15) is 25.8 Å². The van der Waals surface area contributed by atoms with Crippen LogP contribution >= 0.6 is 11.6 Å². The molecule has 0 atom stereocenters. The van der Waals surface area contributed by atoms with E-state index < -0.39 is 0 Å². The molecule has 0 aliphatic carbocycles. The molecule has 2 heteroatoms. The lowest BCUT2D eigenvalue weighted by Gasteiger charge is -2.28. The lowest BCUT2D eigenvalue weighted by molar-refractivity contribution is 0.541. The second kappa shape index (κ2) is 5.66. The molecule has 0 spiro atoms. The van der Waals surface area contributed by atoms with Crippen LogP contribution in [0.5, 0.6) is 0 Å². The summed E-state index contributed by atoms with van der Waals surface area (Å²) >= 11 is 5.69. The molecule has 19 heavy (non-hydrogen) atoms. The van der Waals surface area contributed by atoms with Gasteiger partial charge in [-0.15, -0.1) is 0 Å². The Morgan fingerprint density at radius 3 is 2.58 bits per heavy atom. The highest BCUT2D eigenvalue weighted by molar-refractivity contribution is 6.25. The molecule has 0 heterocycles. The Bertz CT molecular complexity index is 599. The zero-order chi connectivity index (χ0) is 13.9. The first-order chi connectivity index (χ1) is 9.10. The fourth-order valence-corrected chi connectivity index (χ4v) is 2.74. The molecule has 2 rings (SSSR count). The Morgan fingerprint density at radius 1 is 1.16 bits per heavy atom. The van der Waals surface area contributed by atoms with E-state index in [-0.39, 0.29) is 5.41 Å². The Kier molecular flexibility index (Phi) is 4.16. The normalized spacial score (nSPS) is 12.2. The summed E-state index contributed by atoms with van der Waals surface area (Å²) in [7, 11) is 1.97. The zero-order valence-electron chi connectivity index (χ0n) is 11.7. The van der Waals surface area contributed by atoms with E-state index in [4.69, 9.17) is 11.6 Å². The Hall–Kier alpha value is -1.47. The molecule has 0 radical (unpaired) electrons. The van der Waals surface area contributed by atoms with Gasteiger partial charge in [-0.2, -0.15) is 0 Å². The van der Waals surface area contributed by atoms with Crippen LogP contribution in [0.15, 0.2) is 48.0 Å². The summed E-state index contributed by atoms with van der Waals surface area (Å²) in [5.74, 6) is 0. The second-order valence-electron chi connectivity index (χ2n) is 5.41. The molecule has 100 valence electrons. The summed E-state index contributed by atoms with van der Waals surface area (Å²) in [5.41, 5.74) is 4.17. The molecule has 0 aliphatic heterocycles. The molecule has 1 N–H and O–H groups in total. The van der Waals surface area contributed by atoms with Crippen molar-refractivity contribution in [3.63, 3.8) is 0 Å². The Balaban J connectivity index is 2.68. The van der Waals surface area contributed by atoms with Crippen molar-refractivity contribution in [3.05, 3.63) is 53.6 Å². The molecule has 2 aromatic rings. The summed E-state index contributed by atoms with van der Waals surface area (Å²) in [5, 5.41) is 5.90. The topological polar surface area (TPSA) is 12.0 Å². The van der Waals surface area contributed by atoms with Crippen LogP contribution in [0.3, 0.4) is 0 Å². The molecule has 0 unspecified atom stereocenters. The van der Waals surface area contributed by atoms with E-state index >= 15 is 0 Å². The highest BCUT2D eigenvalue weighted by atomic mass is 35.5. The largest absolute Gasteiger partial charge is 0.388 e. The van der Waals surface area contributed by atoms with E-state index in [0.29, 0.717) is 0 Å². The van der Waals surface area contributed by atoms with Crippen LogP contribution in [0.4, 0.5) is 5.69 Å². The number of hydrogen-bond acceptors (Lipinski definition) is 1. The summed E-state index contributed by atoms with van der Waals surface area (Å²) in [6.07, 6.45) is 2.93. The van der Waals surface area contributed by atoms with Crippen LogP contribution in [0.2, 0.25) is 0 Å². The lowest BCUT2D eigenvalue weighted by Crippen LogP contribution is -2.18. The first kappa shape index (κ1) is 14.0. The number of rotatable bonds is 4. The summed E-state index contributed by atoms with van der Waals surface area (Å²) < 4.78 is 0. The molecule has 1 nitrogen and oxygen atoms in total. The van der Waals surface area contributed by atoms with Crippen LogP contribution < -0.4 is 5.32 Å². The van der Waals surface area contributed by atoms with Gasteiger partial charge in [-0.1, -0.05) is 61.9 Å². The van der Waals surface area contributed by atoms with E-state index in [0.717, 1.165) is 6.42 Å². The van der Waals surface area contributed by atoms with Gasteiger partial charge in [0, 0.05) is 18.3 Å². The predicted octanol–water partition coefficient (Wildman–Crippen LogP) is 5.30. The summed E-state index contributed by atoms with van der Waals surface area (Å²) in [6, 6.07) is 12.8. The van der Waals surface area contributed by atoms with Crippen molar-refractivity contribution in [2.24, 2.45) is 0 Å². The second-order valence-corrected chi connectivity index (χ2v) is 5.66. The van der Waals surface area contributed by atoms with Crippen molar-refractivity contribution in [3.8, 4) is 0 Å². The van der Waals surface area contributed by atoms with Gasteiger partial charge < -0.3 is 5.32 Å². The standard InChI is InChI=1S/C17H20ClN/c1-17(2,11-6-12-18)16-14-8-5-4-7-13(14)9-10-15(16)19-3/h4-10,12,19H,11H2,1-3H3/b12-6+. The van der Waals surface area contributed by atoms with Crippen LogP contribution in [-0.4, -0.2) is 7.05 Å². The third kappa shape index (κ3) is 2.76. The maximum atomic E-state index is 5.69. The molecule has 0 aromatic heterocycles. The first-order valence-corrected chi connectivity index (χ1v) is 6.99. The number of allylic oxidation sites excluding steroid dienone is 1. The minimum Gasteiger partial charge on any atom is -0.388 e. The molecular formula is C17H20ClN. The molecular weight excluding hydrogens is 254 g/mol. The minimum absolute atomic E-state index is 0.0323. The Labute approximate surface area is 120 Å². The first-order valence-electron chi connectivity index (χ1n) is 6.55. The monoisotopic (exact) mass is 273 g/mol. The highest BCUT2D eigenvalue weighted by Gasteiger charge is 2.24. The fraction of sp³-hybridized carbons (Fsp3) is 0.294. The van der Waals surface area contributed by atoms with Gasteiger partial charge in [0.05, 0.1) is 0 Å². The van der Waals surface area contributed by atoms with Crippen LogP contribution in [0, 0.1) is 0 Å². The van der Waals surface area contributed by atoms with Gasteiger partial charge in [-0.3, -0.25) is 0 Å². The number of benzene rings is 2. The third-order valence-corrected chi connectivity index (χ3v) is 3.77.